The Morgan fingerprint density at radius 2 is 1.92 bits per heavy atom. The zero-order chi connectivity index (χ0) is 18.0. The first-order valence-corrected chi connectivity index (χ1v) is 8.42. The lowest BCUT2D eigenvalue weighted by atomic mass is 9.91. The summed E-state index contributed by atoms with van der Waals surface area (Å²) in [6.07, 6.45) is 1.98. The lowest BCUT2D eigenvalue weighted by Crippen LogP contribution is -2.27. The molecule has 0 radical (unpaired) electrons. The van der Waals surface area contributed by atoms with Crippen molar-refractivity contribution in [3.8, 4) is 0 Å². The highest BCUT2D eigenvalue weighted by Gasteiger charge is 2.29. The second kappa shape index (κ2) is 7.19. The topological polar surface area (TPSA) is 59.2 Å². The van der Waals surface area contributed by atoms with E-state index < -0.39 is 23.5 Å². The third kappa shape index (κ3) is 3.64. The number of hydrogen-bond donors (Lipinski definition) is 1. The molecule has 1 unspecified atom stereocenters. The van der Waals surface area contributed by atoms with E-state index in [1.54, 1.807) is 6.20 Å². The number of aromatic nitrogens is 1. The van der Waals surface area contributed by atoms with E-state index >= 15 is 0 Å². The van der Waals surface area contributed by atoms with Gasteiger partial charge in [0.2, 0.25) is 0 Å². The maximum Gasteiger partial charge on any atom is 0.316 e. The minimum absolute atomic E-state index is 0.194. The molecule has 0 spiro atoms. The van der Waals surface area contributed by atoms with Crippen LogP contribution in [0, 0.1) is 11.7 Å². The number of benzene rings is 2. The molecule has 0 aliphatic rings. The van der Waals surface area contributed by atoms with Gasteiger partial charge in [-0.1, -0.05) is 15.9 Å². The van der Waals surface area contributed by atoms with Crippen LogP contribution in [0.25, 0.3) is 10.9 Å². The molecular formula is C19H15BrFNO3. The van der Waals surface area contributed by atoms with Crippen LogP contribution in [0.4, 0.5) is 4.39 Å². The van der Waals surface area contributed by atoms with E-state index in [1.807, 2.05) is 18.2 Å². The van der Waals surface area contributed by atoms with Gasteiger partial charge in [-0.2, -0.15) is 0 Å². The second-order valence-electron chi connectivity index (χ2n) is 5.65. The number of H-pyrrole nitrogens is 1. The van der Waals surface area contributed by atoms with Crippen molar-refractivity contribution < 1.29 is 18.7 Å². The number of fused-ring (bicyclic) bond motifs is 1. The van der Waals surface area contributed by atoms with Crippen LogP contribution in [0.2, 0.25) is 0 Å². The van der Waals surface area contributed by atoms with Gasteiger partial charge in [0.1, 0.15) is 11.7 Å². The fourth-order valence-electron chi connectivity index (χ4n) is 2.78. The van der Waals surface area contributed by atoms with Crippen LogP contribution in [0.15, 0.2) is 53.1 Å². The van der Waals surface area contributed by atoms with E-state index in [2.05, 4.69) is 20.9 Å². The molecule has 0 fully saturated rings. The maximum atomic E-state index is 13.1. The Kier molecular flexibility index (Phi) is 4.99. The summed E-state index contributed by atoms with van der Waals surface area (Å²) in [6.45, 7) is 0. The predicted octanol–water partition coefficient (Wildman–Crippen LogP) is 4.28. The minimum Gasteiger partial charge on any atom is -0.468 e. The summed E-state index contributed by atoms with van der Waals surface area (Å²) < 4.78 is 18.8. The van der Waals surface area contributed by atoms with Gasteiger partial charge in [-0.25, -0.2) is 4.39 Å². The highest BCUT2D eigenvalue weighted by atomic mass is 79.9. The van der Waals surface area contributed by atoms with Crippen molar-refractivity contribution in [2.24, 2.45) is 5.92 Å². The number of methoxy groups -OCH3 is 1. The molecule has 2 aromatic carbocycles. The second-order valence-corrected chi connectivity index (χ2v) is 6.57. The Hall–Kier alpha value is -2.47. The number of ether oxygens (including phenoxy) is 1. The SMILES string of the molecule is COC(=O)C(Cc1c[nH]c2ccc(Br)cc12)C(=O)c1ccc(F)cc1. The van der Waals surface area contributed by atoms with E-state index in [1.165, 1.54) is 31.4 Å². The molecule has 1 atom stereocenters. The predicted molar refractivity (Wildman–Crippen MR) is 95.9 cm³/mol. The van der Waals surface area contributed by atoms with E-state index in [-0.39, 0.29) is 12.0 Å². The first kappa shape index (κ1) is 17.4. The van der Waals surface area contributed by atoms with Gasteiger partial charge < -0.3 is 9.72 Å². The number of esters is 1. The molecule has 3 aromatic rings. The lowest BCUT2D eigenvalue weighted by molar-refractivity contribution is -0.143. The van der Waals surface area contributed by atoms with Gasteiger partial charge in [0.05, 0.1) is 7.11 Å². The van der Waals surface area contributed by atoms with E-state index in [4.69, 9.17) is 4.74 Å². The molecule has 4 nitrogen and oxygen atoms in total. The van der Waals surface area contributed by atoms with Gasteiger partial charge in [0.25, 0.3) is 0 Å². The van der Waals surface area contributed by atoms with Crippen LogP contribution >= 0.6 is 15.9 Å². The molecule has 1 heterocycles. The van der Waals surface area contributed by atoms with Crippen molar-refractivity contribution in [1.82, 2.24) is 4.98 Å². The van der Waals surface area contributed by atoms with E-state index in [9.17, 15) is 14.0 Å². The van der Waals surface area contributed by atoms with E-state index in [0.717, 1.165) is 20.9 Å². The summed E-state index contributed by atoms with van der Waals surface area (Å²) in [6, 6.07) is 10.9. The van der Waals surface area contributed by atoms with Gasteiger partial charge in [-0.05, 0) is 54.4 Å². The highest BCUT2D eigenvalue weighted by molar-refractivity contribution is 9.10. The summed E-state index contributed by atoms with van der Waals surface area (Å²) in [4.78, 5) is 28.1. The summed E-state index contributed by atoms with van der Waals surface area (Å²) in [5, 5.41) is 0.926. The molecule has 0 bridgehead atoms. The lowest BCUT2D eigenvalue weighted by Gasteiger charge is -2.13. The molecular weight excluding hydrogens is 389 g/mol. The van der Waals surface area contributed by atoms with Crippen molar-refractivity contribution in [3.63, 3.8) is 0 Å². The Morgan fingerprint density at radius 3 is 2.60 bits per heavy atom. The average Bonchev–Trinajstić information content (AvgIpc) is 3.01. The van der Waals surface area contributed by atoms with Crippen molar-refractivity contribution in [1.29, 1.82) is 0 Å². The number of Topliss-reactive ketones (excluding diaryl/α,β-unsaturated/α-hetero) is 1. The van der Waals surface area contributed by atoms with Crippen LogP contribution < -0.4 is 0 Å². The molecule has 0 saturated heterocycles. The number of carbonyl (C=O) groups is 2. The normalized spacial score (nSPS) is 12.1. The largest absolute Gasteiger partial charge is 0.468 e. The Labute approximate surface area is 152 Å². The number of carbonyl (C=O) groups excluding carboxylic acids is 2. The van der Waals surface area contributed by atoms with Crippen molar-refractivity contribution in [2.45, 2.75) is 6.42 Å². The summed E-state index contributed by atoms with van der Waals surface area (Å²) in [5.41, 5.74) is 2.02. The zero-order valence-corrected chi connectivity index (χ0v) is 15.0. The van der Waals surface area contributed by atoms with Crippen LogP contribution in [-0.4, -0.2) is 23.8 Å². The van der Waals surface area contributed by atoms with Gasteiger partial charge in [-0.3, -0.25) is 9.59 Å². The summed E-state index contributed by atoms with van der Waals surface area (Å²) >= 11 is 3.42. The van der Waals surface area contributed by atoms with Gasteiger partial charge in [0, 0.05) is 27.1 Å². The molecule has 0 aliphatic carbocycles. The smallest absolute Gasteiger partial charge is 0.316 e. The standard InChI is InChI=1S/C19H15BrFNO3/c1-25-19(24)16(18(23)11-2-5-14(21)6-3-11)8-12-10-22-17-7-4-13(20)9-15(12)17/h2-7,9-10,16,22H,8H2,1H3. The maximum absolute atomic E-state index is 13.1. The van der Waals surface area contributed by atoms with Crippen molar-refractivity contribution in [2.75, 3.05) is 7.11 Å². The van der Waals surface area contributed by atoms with Gasteiger partial charge >= 0.3 is 5.97 Å². The highest BCUT2D eigenvalue weighted by Crippen LogP contribution is 2.26. The minimum atomic E-state index is -0.992. The summed E-state index contributed by atoms with van der Waals surface area (Å²) in [7, 11) is 1.25. The Bertz CT molecular complexity index is 933. The Morgan fingerprint density at radius 1 is 1.20 bits per heavy atom. The molecule has 0 saturated carbocycles. The van der Waals surface area contributed by atoms with Crippen LogP contribution in [-0.2, 0) is 16.0 Å². The first-order chi connectivity index (χ1) is 12.0. The molecule has 128 valence electrons. The molecule has 1 N–H and O–H groups in total. The van der Waals surface area contributed by atoms with Crippen LogP contribution in [0.1, 0.15) is 15.9 Å². The third-order valence-electron chi connectivity index (χ3n) is 4.08. The Balaban J connectivity index is 1.95. The first-order valence-electron chi connectivity index (χ1n) is 7.62. The van der Waals surface area contributed by atoms with Crippen molar-refractivity contribution in [3.05, 3.63) is 70.1 Å². The molecule has 6 heteroatoms. The molecule has 0 aliphatic heterocycles. The van der Waals surface area contributed by atoms with E-state index in [0.29, 0.717) is 0 Å². The molecule has 1 aromatic heterocycles. The van der Waals surface area contributed by atoms with Crippen molar-refractivity contribution >= 4 is 38.6 Å². The van der Waals surface area contributed by atoms with Crippen LogP contribution in [0.3, 0.4) is 0 Å². The summed E-state index contributed by atoms with van der Waals surface area (Å²) in [5.74, 6) is -2.43. The number of nitrogens with one attached hydrogen (secondary N) is 1. The quantitative estimate of drug-likeness (QED) is 0.392. The number of halogens is 2. The molecule has 0 amide bonds. The monoisotopic (exact) mass is 403 g/mol. The number of ketones is 1. The number of hydrogen-bond acceptors (Lipinski definition) is 3. The zero-order valence-electron chi connectivity index (χ0n) is 13.4. The molecule has 3 rings (SSSR count). The van der Waals surface area contributed by atoms with Gasteiger partial charge in [-0.15, -0.1) is 0 Å². The van der Waals surface area contributed by atoms with Crippen LogP contribution in [0.5, 0.6) is 0 Å². The average molecular weight is 404 g/mol. The number of aromatic amines is 1. The molecule has 25 heavy (non-hydrogen) atoms. The number of rotatable bonds is 5. The fourth-order valence-corrected chi connectivity index (χ4v) is 3.14. The third-order valence-corrected chi connectivity index (χ3v) is 4.58. The van der Waals surface area contributed by atoms with Gasteiger partial charge in [0.15, 0.2) is 5.78 Å². The fraction of sp³-hybridized carbons (Fsp3) is 0.158.